The Hall–Kier alpha value is -1.28. The molecule has 2 aromatic rings. The van der Waals surface area contributed by atoms with Gasteiger partial charge in [-0.2, -0.15) is 0 Å². The van der Waals surface area contributed by atoms with Gasteiger partial charge in [0.05, 0.1) is 0 Å². The van der Waals surface area contributed by atoms with E-state index in [-0.39, 0.29) is 0 Å². The highest BCUT2D eigenvalue weighted by Gasteiger charge is 2.18. The predicted octanol–water partition coefficient (Wildman–Crippen LogP) is 2.96. The van der Waals surface area contributed by atoms with Crippen LogP contribution >= 0.6 is 0 Å². The molecule has 0 saturated carbocycles. The van der Waals surface area contributed by atoms with Gasteiger partial charge in [-0.05, 0) is 42.9 Å². The van der Waals surface area contributed by atoms with Gasteiger partial charge in [0, 0.05) is 30.2 Å². The molecule has 0 amide bonds. The van der Waals surface area contributed by atoms with E-state index in [9.17, 15) is 0 Å². The predicted molar refractivity (Wildman–Crippen MR) is 66.9 cm³/mol. The third-order valence-electron chi connectivity index (χ3n) is 3.58. The normalized spacial score (nSPS) is 18.1. The van der Waals surface area contributed by atoms with Crippen LogP contribution < -0.4 is 5.32 Å². The van der Waals surface area contributed by atoms with Gasteiger partial charge in [0.2, 0.25) is 0 Å². The van der Waals surface area contributed by atoms with E-state index in [1.54, 1.807) is 0 Å². The van der Waals surface area contributed by atoms with Gasteiger partial charge in [0.15, 0.2) is 0 Å². The third kappa shape index (κ3) is 1.63. The minimum absolute atomic E-state index is 0.703. The van der Waals surface area contributed by atoms with Gasteiger partial charge in [0.25, 0.3) is 0 Å². The topological polar surface area (TPSA) is 29.9 Å². The van der Waals surface area contributed by atoms with Gasteiger partial charge in [-0.25, -0.2) is 5.32 Å². The molecule has 0 bridgehead atoms. The smallest absolute Gasteiger partial charge is 0.0459 e. The molecule has 1 radical (unpaired) electrons. The lowest BCUT2D eigenvalue weighted by atomic mass is 9.90. The van der Waals surface area contributed by atoms with Crippen LogP contribution in [0.25, 0.3) is 10.9 Å². The summed E-state index contributed by atoms with van der Waals surface area (Å²) in [6.07, 6.45) is 4.61. The zero-order chi connectivity index (χ0) is 11.0. The number of hydrogen-bond donors (Lipinski definition) is 1. The SMILES string of the molecule is Cc1ccc2c(C3CC[N]CC3)c[nH]c2c1. The van der Waals surface area contributed by atoms with Crippen molar-refractivity contribution in [3.63, 3.8) is 0 Å². The number of fused-ring (bicyclic) bond motifs is 1. The molecule has 1 aliphatic rings. The summed E-state index contributed by atoms with van der Waals surface area (Å²) in [6, 6.07) is 6.68. The van der Waals surface area contributed by atoms with E-state index in [0.29, 0.717) is 5.92 Å². The van der Waals surface area contributed by atoms with Crippen LogP contribution in [0.1, 0.15) is 29.9 Å². The number of piperidine rings is 1. The molecule has 1 saturated heterocycles. The fraction of sp³-hybridized carbons (Fsp3) is 0.429. The van der Waals surface area contributed by atoms with E-state index < -0.39 is 0 Å². The maximum absolute atomic E-state index is 4.42. The molecule has 1 aromatic heterocycles. The van der Waals surface area contributed by atoms with Crippen LogP contribution in [0.3, 0.4) is 0 Å². The van der Waals surface area contributed by atoms with Crippen molar-refractivity contribution in [2.45, 2.75) is 25.7 Å². The lowest BCUT2D eigenvalue weighted by Crippen LogP contribution is -2.20. The number of rotatable bonds is 1. The zero-order valence-electron chi connectivity index (χ0n) is 9.66. The summed E-state index contributed by atoms with van der Waals surface area (Å²) in [7, 11) is 0. The second kappa shape index (κ2) is 3.95. The molecule has 83 valence electrons. The van der Waals surface area contributed by atoms with E-state index in [1.165, 1.54) is 34.9 Å². The monoisotopic (exact) mass is 213 g/mol. The van der Waals surface area contributed by atoms with Gasteiger partial charge < -0.3 is 4.98 Å². The summed E-state index contributed by atoms with van der Waals surface area (Å²) in [5.74, 6) is 0.703. The molecule has 1 fully saturated rings. The largest absolute Gasteiger partial charge is 0.361 e. The fourth-order valence-electron chi connectivity index (χ4n) is 2.66. The molecule has 0 aliphatic carbocycles. The summed E-state index contributed by atoms with van der Waals surface area (Å²) < 4.78 is 0. The second-order valence-electron chi connectivity index (χ2n) is 4.74. The average molecular weight is 213 g/mol. The van der Waals surface area contributed by atoms with E-state index in [0.717, 1.165) is 13.1 Å². The first kappa shape index (κ1) is 9.91. The first-order valence-electron chi connectivity index (χ1n) is 6.05. The Morgan fingerprint density at radius 3 is 2.88 bits per heavy atom. The summed E-state index contributed by atoms with van der Waals surface area (Å²) >= 11 is 0. The van der Waals surface area contributed by atoms with Gasteiger partial charge in [-0.1, -0.05) is 12.1 Å². The number of benzene rings is 1. The molecule has 1 aromatic carbocycles. The van der Waals surface area contributed by atoms with Crippen molar-refractivity contribution in [2.24, 2.45) is 0 Å². The van der Waals surface area contributed by atoms with Crippen LogP contribution in [0.15, 0.2) is 24.4 Å². The number of aryl methyl sites for hydroxylation is 1. The minimum Gasteiger partial charge on any atom is -0.361 e. The third-order valence-corrected chi connectivity index (χ3v) is 3.58. The maximum Gasteiger partial charge on any atom is 0.0459 e. The zero-order valence-corrected chi connectivity index (χ0v) is 9.66. The molecular formula is C14H17N2. The first-order chi connectivity index (χ1) is 7.84. The molecule has 0 spiro atoms. The molecule has 3 rings (SSSR count). The van der Waals surface area contributed by atoms with E-state index in [4.69, 9.17) is 0 Å². The number of aromatic amines is 1. The average Bonchev–Trinajstić information content (AvgIpc) is 2.73. The number of aromatic nitrogens is 1. The van der Waals surface area contributed by atoms with Crippen LogP contribution in [-0.2, 0) is 0 Å². The van der Waals surface area contributed by atoms with Crippen LogP contribution in [0, 0.1) is 6.92 Å². The van der Waals surface area contributed by atoms with Gasteiger partial charge in [-0.3, -0.25) is 0 Å². The Morgan fingerprint density at radius 1 is 1.25 bits per heavy atom. The minimum atomic E-state index is 0.703. The summed E-state index contributed by atoms with van der Waals surface area (Å²) in [5, 5.41) is 5.82. The number of hydrogen-bond acceptors (Lipinski definition) is 0. The van der Waals surface area contributed by atoms with E-state index >= 15 is 0 Å². The molecule has 2 nitrogen and oxygen atoms in total. The maximum atomic E-state index is 4.42. The van der Waals surface area contributed by atoms with E-state index in [1.807, 2.05) is 0 Å². The number of nitrogens with one attached hydrogen (secondary N) is 1. The van der Waals surface area contributed by atoms with Gasteiger partial charge in [-0.15, -0.1) is 0 Å². The standard InChI is InChI=1S/C14H17N2/c1-10-2-3-12-13(9-16-14(12)8-10)11-4-6-15-7-5-11/h2-3,8-9,11,16H,4-7H2,1H3. The fourth-order valence-corrected chi connectivity index (χ4v) is 2.66. The lowest BCUT2D eigenvalue weighted by molar-refractivity contribution is 0.455. The van der Waals surface area contributed by atoms with Crippen LogP contribution in [0.2, 0.25) is 0 Å². The van der Waals surface area contributed by atoms with Crippen LogP contribution in [0.4, 0.5) is 0 Å². The van der Waals surface area contributed by atoms with E-state index in [2.05, 4.69) is 41.6 Å². The summed E-state index contributed by atoms with van der Waals surface area (Å²) in [6.45, 7) is 4.20. The molecule has 2 heterocycles. The van der Waals surface area contributed by atoms with Gasteiger partial charge in [0.1, 0.15) is 0 Å². The van der Waals surface area contributed by atoms with Crippen LogP contribution in [-0.4, -0.2) is 18.1 Å². The Bertz CT molecular complexity index is 492. The second-order valence-corrected chi connectivity index (χ2v) is 4.74. The van der Waals surface area contributed by atoms with Crippen molar-refractivity contribution in [3.05, 3.63) is 35.5 Å². The first-order valence-corrected chi connectivity index (χ1v) is 6.05. The highest BCUT2D eigenvalue weighted by molar-refractivity contribution is 5.84. The Balaban J connectivity index is 2.03. The molecule has 0 atom stereocenters. The molecule has 2 heteroatoms. The van der Waals surface area contributed by atoms with Crippen molar-refractivity contribution in [1.29, 1.82) is 0 Å². The summed E-state index contributed by atoms with van der Waals surface area (Å²) in [5.41, 5.74) is 4.09. The quantitative estimate of drug-likeness (QED) is 0.755. The Kier molecular flexibility index (Phi) is 2.44. The molecule has 0 unspecified atom stereocenters. The van der Waals surface area contributed by atoms with Crippen molar-refractivity contribution in [1.82, 2.24) is 10.3 Å². The number of H-pyrrole nitrogens is 1. The summed E-state index contributed by atoms with van der Waals surface area (Å²) in [4.78, 5) is 3.40. The molecule has 1 aliphatic heterocycles. The number of nitrogens with zero attached hydrogens (tertiary/aromatic N) is 1. The lowest BCUT2D eigenvalue weighted by Gasteiger charge is -2.21. The Morgan fingerprint density at radius 2 is 2.06 bits per heavy atom. The highest BCUT2D eigenvalue weighted by atomic mass is 14.9. The Labute approximate surface area is 96.1 Å². The molecule has 1 N–H and O–H groups in total. The van der Waals surface area contributed by atoms with Crippen LogP contribution in [0.5, 0.6) is 0 Å². The van der Waals surface area contributed by atoms with Gasteiger partial charge >= 0.3 is 0 Å². The van der Waals surface area contributed by atoms with Crippen molar-refractivity contribution < 1.29 is 0 Å². The van der Waals surface area contributed by atoms with Crippen molar-refractivity contribution >= 4 is 10.9 Å². The molecular weight excluding hydrogens is 196 g/mol. The highest BCUT2D eigenvalue weighted by Crippen LogP contribution is 2.31. The van der Waals surface area contributed by atoms with Crippen molar-refractivity contribution in [2.75, 3.05) is 13.1 Å². The molecule has 16 heavy (non-hydrogen) atoms. The van der Waals surface area contributed by atoms with Crippen molar-refractivity contribution in [3.8, 4) is 0 Å².